The summed E-state index contributed by atoms with van der Waals surface area (Å²) in [5.74, 6) is 0. The van der Waals surface area contributed by atoms with E-state index >= 15 is 0 Å². The molecule has 0 atom stereocenters. The number of furan rings is 1. The molecule has 2 aliphatic rings. The van der Waals surface area contributed by atoms with Crippen molar-refractivity contribution in [1.82, 2.24) is 4.57 Å². The Bertz CT molecular complexity index is 4110. The Morgan fingerprint density at radius 1 is 0.415 bits per heavy atom. The van der Waals surface area contributed by atoms with E-state index in [1.165, 1.54) is 81.0 Å². The van der Waals surface area contributed by atoms with Crippen molar-refractivity contribution in [1.29, 1.82) is 0 Å². The van der Waals surface area contributed by atoms with Crippen LogP contribution in [0.2, 0.25) is 0 Å². The zero-order valence-corrected chi connectivity index (χ0v) is 35.8. The van der Waals surface area contributed by atoms with Gasteiger partial charge in [0, 0.05) is 59.6 Å². The van der Waals surface area contributed by atoms with E-state index < -0.39 is 5.41 Å². The van der Waals surface area contributed by atoms with E-state index in [-0.39, 0.29) is 0 Å². The average Bonchev–Trinajstić information content (AvgIpc) is 4.16. The SMILES string of the molecule is c1ccc(-n2c3cc(N(c4ccc5oc6ccccc6c5c4)c4cccc5c4-c4ccccc4C54c5ccccc5-c5ccccc54)ccc3c3ccc4c5ccccc5sc4c32)cc1. The van der Waals surface area contributed by atoms with Gasteiger partial charge in [-0.15, -0.1) is 11.3 Å². The van der Waals surface area contributed by atoms with Gasteiger partial charge in [-0.2, -0.15) is 0 Å². The normalized spacial score (nSPS) is 13.4. The molecular weight excluding hydrogens is 809 g/mol. The standard InChI is InChI=1S/C61H36N2OS/c1-2-15-37(16-3-1)63-54-36-39(29-31-42(54)45-32-33-46-44-20-8-13-28-57(44)65-60(46)59(45)63)62(38-30-34-56-48(35-38)43-19-7-12-27-55(43)64-56)53-26-14-25-52-58(53)47-21-6-11-24-51(47)61(52)49-22-9-4-17-40(49)41-18-5-10-23-50(41)61/h1-36H. The molecule has 4 heteroatoms. The molecule has 0 saturated carbocycles. The quantitative estimate of drug-likeness (QED) is 0.176. The number of thiophene rings is 1. The number of hydrogen-bond acceptors (Lipinski definition) is 3. The molecule has 0 aliphatic heterocycles. The summed E-state index contributed by atoms with van der Waals surface area (Å²) < 4.78 is 11.6. The van der Waals surface area contributed by atoms with Gasteiger partial charge in [-0.25, -0.2) is 0 Å². The number of anilines is 3. The monoisotopic (exact) mass is 844 g/mol. The Balaban J connectivity index is 1.06. The van der Waals surface area contributed by atoms with E-state index in [1.807, 2.05) is 17.4 Å². The number of para-hydroxylation sites is 2. The first-order valence-corrected chi connectivity index (χ1v) is 23.2. The van der Waals surface area contributed by atoms with Crippen LogP contribution < -0.4 is 4.90 Å². The third kappa shape index (κ3) is 4.58. The Morgan fingerprint density at radius 3 is 1.83 bits per heavy atom. The van der Waals surface area contributed by atoms with Crippen LogP contribution in [0.1, 0.15) is 22.3 Å². The number of rotatable bonds is 4. The van der Waals surface area contributed by atoms with Crippen LogP contribution in [-0.2, 0) is 5.41 Å². The van der Waals surface area contributed by atoms with Gasteiger partial charge in [0.1, 0.15) is 11.2 Å². The van der Waals surface area contributed by atoms with Gasteiger partial charge in [0.05, 0.1) is 26.8 Å². The summed E-state index contributed by atoms with van der Waals surface area (Å²) in [6, 6.07) is 80.8. The molecule has 0 unspecified atom stereocenters. The fraction of sp³-hybridized carbons (Fsp3) is 0.0164. The van der Waals surface area contributed by atoms with Crippen molar-refractivity contribution in [2.75, 3.05) is 4.90 Å². The third-order valence-corrected chi connectivity index (χ3v) is 15.6. The smallest absolute Gasteiger partial charge is 0.135 e. The van der Waals surface area contributed by atoms with Crippen LogP contribution in [-0.4, -0.2) is 4.57 Å². The predicted octanol–water partition coefficient (Wildman–Crippen LogP) is 16.9. The number of benzene rings is 10. The molecule has 3 heterocycles. The number of fused-ring (bicyclic) bond motifs is 20. The fourth-order valence-corrected chi connectivity index (χ4v) is 13.1. The predicted molar refractivity (Wildman–Crippen MR) is 272 cm³/mol. The molecule has 2 aliphatic carbocycles. The van der Waals surface area contributed by atoms with Gasteiger partial charge in [-0.1, -0.05) is 158 Å². The van der Waals surface area contributed by atoms with Crippen molar-refractivity contribution in [3.05, 3.63) is 241 Å². The molecular formula is C61H36N2OS. The first-order valence-electron chi connectivity index (χ1n) is 22.3. The molecule has 10 aromatic carbocycles. The molecule has 0 saturated heterocycles. The van der Waals surface area contributed by atoms with Gasteiger partial charge >= 0.3 is 0 Å². The highest BCUT2D eigenvalue weighted by Gasteiger charge is 2.52. The largest absolute Gasteiger partial charge is 0.456 e. The molecule has 0 radical (unpaired) electrons. The molecule has 302 valence electrons. The van der Waals surface area contributed by atoms with Crippen LogP contribution in [0.4, 0.5) is 17.1 Å². The minimum Gasteiger partial charge on any atom is -0.456 e. The van der Waals surface area contributed by atoms with Crippen molar-refractivity contribution in [3.8, 4) is 27.9 Å². The summed E-state index contributed by atoms with van der Waals surface area (Å²) in [7, 11) is 0. The number of aromatic nitrogens is 1. The fourth-order valence-electron chi connectivity index (χ4n) is 11.8. The highest BCUT2D eigenvalue weighted by atomic mass is 32.1. The van der Waals surface area contributed by atoms with Gasteiger partial charge in [0.2, 0.25) is 0 Å². The summed E-state index contributed by atoms with van der Waals surface area (Å²) in [5.41, 5.74) is 18.6. The van der Waals surface area contributed by atoms with E-state index in [9.17, 15) is 0 Å². The topological polar surface area (TPSA) is 21.3 Å². The van der Waals surface area contributed by atoms with E-state index in [0.717, 1.165) is 50.2 Å². The van der Waals surface area contributed by atoms with E-state index in [1.54, 1.807) is 0 Å². The second-order valence-corrected chi connectivity index (χ2v) is 18.6. The molecule has 0 fully saturated rings. The summed E-state index contributed by atoms with van der Waals surface area (Å²) in [4.78, 5) is 2.50. The second kappa shape index (κ2) is 12.9. The maximum Gasteiger partial charge on any atom is 0.135 e. The van der Waals surface area contributed by atoms with Gasteiger partial charge in [0.25, 0.3) is 0 Å². The molecule has 15 rings (SSSR count). The van der Waals surface area contributed by atoms with E-state index in [4.69, 9.17) is 4.42 Å². The lowest BCUT2D eigenvalue weighted by Gasteiger charge is -2.32. The van der Waals surface area contributed by atoms with E-state index in [0.29, 0.717) is 0 Å². The Kier molecular flexibility index (Phi) is 7.03. The molecule has 0 amide bonds. The molecule has 1 spiro atoms. The van der Waals surface area contributed by atoms with Crippen molar-refractivity contribution >= 4 is 92.3 Å². The lowest BCUT2D eigenvalue weighted by molar-refractivity contribution is 0.669. The third-order valence-electron chi connectivity index (χ3n) is 14.4. The van der Waals surface area contributed by atoms with Crippen molar-refractivity contribution in [2.45, 2.75) is 5.41 Å². The second-order valence-electron chi connectivity index (χ2n) is 17.5. The first kappa shape index (κ1) is 35.3. The Labute approximate surface area is 378 Å². The van der Waals surface area contributed by atoms with Gasteiger partial charge in [-0.3, -0.25) is 0 Å². The van der Waals surface area contributed by atoms with Crippen molar-refractivity contribution in [3.63, 3.8) is 0 Å². The zero-order valence-electron chi connectivity index (χ0n) is 35.0. The van der Waals surface area contributed by atoms with Gasteiger partial charge < -0.3 is 13.9 Å². The minimum absolute atomic E-state index is 0.467. The molecule has 65 heavy (non-hydrogen) atoms. The highest BCUT2D eigenvalue weighted by Crippen LogP contribution is 2.64. The summed E-state index contributed by atoms with van der Waals surface area (Å²) in [5, 5.41) is 7.28. The minimum atomic E-state index is -0.467. The lowest BCUT2D eigenvalue weighted by Crippen LogP contribution is -2.26. The molecule has 3 aromatic heterocycles. The Morgan fingerprint density at radius 2 is 1.02 bits per heavy atom. The number of hydrogen-bond donors (Lipinski definition) is 0. The van der Waals surface area contributed by atoms with Crippen LogP contribution in [0, 0.1) is 0 Å². The average molecular weight is 845 g/mol. The van der Waals surface area contributed by atoms with Crippen LogP contribution in [0.3, 0.4) is 0 Å². The van der Waals surface area contributed by atoms with Crippen LogP contribution in [0.15, 0.2) is 223 Å². The summed E-state index contributed by atoms with van der Waals surface area (Å²) >= 11 is 1.89. The van der Waals surface area contributed by atoms with Crippen LogP contribution >= 0.6 is 11.3 Å². The first-order chi connectivity index (χ1) is 32.3. The molecule has 3 nitrogen and oxygen atoms in total. The molecule has 0 N–H and O–H groups in total. The highest BCUT2D eigenvalue weighted by molar-refractivity contribution is 7.26. The maximum absolute atomic E-state index is 6.44. The summed E-state index contributed by atoms with van der Waals surface area (Å²) in [6.45, 7) is 0. The van der Waals surface area contributed by atoms with Crippen LogP contribution in [0.5, 0.6) is 0 Å². The van der Waals surface area contributed by atoms with Crippen molar-refractivity contribution < 1.29 is 4.42 Å². The Hall–Kier alpha value is -8.18. The molecule has 0 bridgehead atoms. The maximum atomic E-state index is 6.44. The van der Waals surface area contributed by atoms with E-state index in [2.05, 4.69) is 222 Å². The summed E-state index contributed by atoms with van der Waals surface area (Å²) in [6.07, 6.45) is 0. The lowest BCUT2D eigenvalue weighted by atomic mass is 9.70. The number of nitrogens with zero attached hydrogens (tertiary/aromatic N) is 2. The molecule has 13 aromatic rings. The van der Waals surface area contributed by atoms with Crippen molar-refractivity contribution in [2.24, 2.45) is 0 Å². The van der Waals surface area contributed by atoms with Gasteiger partial charge in [-0.05, 0) is 99.6 Å². The van der Waals surface area contributed by atoms with Gasteiger partial charge in [0.15, 0.2) is 0 Å². The zero-order chi connectivity index (χ0) is 42.4. The van der Waals surface area contributed by atoms with Crippen LogP contribution in [0.25, 0.3) is 91.9 Å².